The first-order valence-electron chi connectivity index (χ1n) is 9.50. The van der Waals surface area contributed by atoms with Gasteiger partial charge in [0.25, 0.3) is 15.9 Å². The predicted octanol–water partition coefficient (Wildman–Crippen LogP) is 4.05. The summed E-state index contributed by atoms with van der Waals surface area (Å²) in [6.07, 6.45) is 0. The van der Waals surface area contributed by atoms with Gasteiger partial charge in [-0.1, -0.05) is 42.5 Å². The van der Waals surface area contributed by atoms with E-state index in [1.165, 1.54) is 24.3 Å². The van der Waals surface area contributed by atoms with Gasteiger partial charge >= 0.3 is 0 Å². The highest BCUT2D eigenvalue weighted by molar-refractivity contribution is 7.92. The normalized spacial score (nSPS) is 12.1. The Hall–Kier alpha value is -3.32. The summed E-state index contributed by atoms with van der Waals surface area (Å²) < 4.78 is 33.1. The Balaban J connectivity index is 1.55. The van der Waals surface area contributed by atoms with Crippen LogP contribution in [0.15, 0.2) is 83.8 Å². The lowest BCUT2D eigenvalue weighted by Gasteiger charge is -2.15. The predicted molar refractivity (Wildman–Crippen MR) is 117 cm³/mol. The monoisotopic (exact) mass is 424 g/mol. The van der Waals surface area contributed by atoms with Crippen molar-refractivity contribution in [3.05, 3.63) is 90.0 Å². The lowest BCUT2D eigenvalue weighted by molar-refractivity contribution is -0.123. The Morgan fingerprint density at radius 3 is 2.33 bits per heavy atom. The zero-order valence-electron chi connectivity index (χ0n) is 16.8. The number of nitrogens with one attached hydrogen (secondary N) is 2. The molecule has 0 aromatic heterocycles. The first kappa shape index (κ1) is 21.4. The van der Waals surface area contributed by atoms with E-state index in [4.69, 9.17) is 4.74 Å². The summed E-state index contributed by atoms with van der Waals surface area (Å²) >= 11 is 0. The minimum absolute atomic E-state index is 0.110. The molecule has 0 aliphatic carbocycles. The van der Waals surface area contributed by atoms with Gasteiger partial charge in [-0.25, -0.2) is 8.42 Å². The molecule has 1 unspecified atom stereocenters. The first-order valence-corrected chi connectivity index (χ1v) is 11.0. The minimum Gasteiger partial charge on any atom is -0.484 e. The van der Waals surface area contributed by atoms with Crippen LogP contribution in [0.4, 0.5) is 5.69 Å². The maximum Gasteiger partial charge on any atom is 0.261 e. The second-order valence-electron chi connectivity index (χ2n) is 6.93. The molecule has 0 bridgehead atoms. The molecule has 6 nitrogen and oxygen atoms in total. The van der Waals surface area contributed by atoms with Gasteiger partial charge in [0.2, 0.25) is 0 Å². The molecule has 0 heterocycles. The van der Waals surface area contributed by atoms with Gasteiger partial charge in [-0.2, -0.15) is 0 Å². The van der Waals surface area contributed by atoms with Gasteiger partial charge < -0.3 is 10.1 Å². The largest absolute Gasteiger partial charge is 0.484 e. The molecule has 0 saturated carbocycles. The van der Waals surface area contributed by atoms with E-state index in [1.54, 1.807) is 18.2 Å². The second-order valence-corrected chi connectivity index (χ2v) is 8.62. The second kappa shape index (κ2) is 9.45. The number of rotatable bonds is 8. The molecular weight excluding hydrogens is 400 g/mol. The number of amides is 1. The van der Waals surface area contributed by atoms with E-state index in [1.807, 2.05) is 50.2 Å². The van der Waals surface area contributed by atoms with Gasteiger partial charge in [0, 0.05) is 5.69 Å². The van der Waals surface area contributed by atoms with Crippen molar-refractivity contribution in [1.82, 2.24) is 5.32 Å². The molecule has 3 aromatic rings. The van der Waals surface area contributed by atoms with E-state index in [0.29, 0.717) is 11.4 Å². The number of ether oxygens (including phenoxy) is 1. The van der Waals surface area contributed by atoms with Gasteiger partial charge in [-0.3, -0.25) is 9.52 Å². The molecular formula is C23H24N2O4S. The maximum atomic E-state index is 12.5. The number of carbonyl (C=O) groups is 1. The molecule has 1 amide bonds. The summed E-state index contributed by atoms with van der Waals surface area (Å²) in [4.78, 5) is 12.2. The van der Waals surface area contributed by atoms with Gasteiger partial charge in [-0.05, 0) is 61.4 Å². The third-order valence-corrected chi connectivity index (χ3v) is 5.85. The summed E-state index contributed by atoms with van der Waals surface area (Å²) in [5.41, 5.74) is 2.46. The Kier molecular flexibility index (Phi) is 6.74. The number of carbonyl (C=O) groups excluding carboxylic acids is 1. The maximum absolute atomic E-state index is 12.5. The fourth-order valence-corrected chi connectivity index (χ4v) is 3.94. The minimum atomic E-state index is -3.71. The van der Waals surface area contributed by atoms with Crippen molar-refractivity contribution in [1.29, 1.82) is 0 Å². The van der Waals surface area contributed by atoms with Crippen molar-refractivity contribution in [3.63, 3.8) is 0 Å². The zero-order valence-corrected chi connectivity index (χ0v) is 17.6. The van der Waals surface area contributed by atoms with Crippen LogP contribution in [0.2, 0.25) is 0 Å². The van der Waals surface area contributed by atoms with Crippen LogP contribution in [0.1, 0.15) is 24.1 Å². The highest BCUT2D eigenvalue weighted by Crippen LogP contribution is 2.20. The van der Waals surface area contributed by atoms with Crippen LogP contribution in [0, 0.1) is 6.92 Å². The Labute approximate surface area is 177 Å². The van der Waals surface area contributed by atoms with Crippen molar-refractivity contribution in [2.24, 2.45) is 0 Å². The van der Waals surface area contributed by atoms with E-state index in [2.05, 4.69) is 10.0 Å². The SMILES string of the molecule is Cc1cccc(NS(=O)(=O)c2ccc(OCC(=O)NC(C)c3ccccc3)cc2)c1. The van der Waals surface area contributed by atoms with E-state index in [9.17, 15) is 13.2 Å². The lowest BCUT2D eigenvalue weighted by atomic mass is 10.1. The summed E-state index contributed by atoms with van der Waals surface area (Å²) in [6, 6.07) is 22.5. The van der Waals surface area contributed by atoms with Crippen LogP contribution in [-0.4, -0.2) is 20.9 Å². The van der Waals surface area contributed by atoms with Crippen LogP contribution in [0.3, 0.4) is 0 Å². The first-order chi connectivity index (χ1) is 14.3. The quantitative estimate of drug-likeness (QED) is 0.571. The Bertz CT molecular complexity index is 1100. The number of anilines is 1. The number of aryl methyl sites for hydroxylation is 1. The van der Waals surface area contributed by atoms with Crippen molar-refractivity contribution < 1.29 is 17.9 Å². The topological polar surface area (TPSA) is 84.5 Å². The van der Waals surface area contributed by atoms with E-state index in [-0.39, 0.29) is 23.5 Å². The molecule has 0 aliphatic heterocycles. The van der Waals surface area contributed by atoms with Gasteiger partial charge in [0.15, 0.2) is 6.61 Å². The molecule has 2 N–H and O–H groups in total. The molecule has 0 spiro atoms. The molecule has 0 aliphatic rings. The van der Waals surface area contributed by atoms with E-state index >= 15 is 0 Å². The Morgan fingerprint density at radius 1 is 0.967 bits per heavy atom. The fourth-order valence-electron chi connectivity index (χ4n) is 2.89. The van der Waals surface area contributed by atoms with Crippen LogP contribution in [0.5, 0.6) is 5.75 Å². The third-order valence-electron chi connectivity index (χ3n) is 4.45. The standard InChI is InChI=1S/C23H24N2O4S/c1-17-7-6-10-20(15-17)25-30(27,28)22-13-11-21(12-14-22)29-16-23(26)24-18(2)19-8-4-3-5-9-19/h3-15,18,25H,16H2,1-2H3,(H,24,26). The van der Waals surface area contributed by atoms with Crippen LogP contribution >= 0.6 is 0 Å². The lowest BCUT2D eigenvalue weighted by Crippen LogP contribution is -2.31. The van der Waals surface area contributed by atoms with Crippen LogP contribution in [-0.2, 0) is 14.8 Å². The molecule has 1 atom stereocenters. The highest BCUT2D eigenvalue weighted by Gasteiger charge is 2.15. The van der Waals surface area contributed by atoms with Crippen molar-refractivity contribution in [3.8, 4) is 5.75 Å². The third kappa shape index (κ3) is 5.84. The Morgan fingerprint density at radius 2 is 1.67 bits per heavy atom. The number of sulfonamides is 1. The highest BCUT2D eigenvalue weighted by atomic mass is 32.2. The molecule has 30 heavy (non-hydrogen) atoms. The summed E-state index contributed by atoms with van der Waals surface area (Å²) in [6.45, 7) is 3.62. The molecule has 0 fully saturated rings. The molecule has 3 rings (SSSR count). The van der Waals surface area contributed by atoms with E-state index in [0.717, 1.165) is 11.1 Å². The number of hydrogen-bond donors (Lipinski definition) is 2. The molecule has 156 valence electrons. The number of hydrogen-bond acceptors (Lipinski definition) is 4. The zero-order chi connectivity index (χ0) is 21.6. The van der Waals surface area contributed by atoms with Crippen molar-refractivity contribution in [2.45, 2.75) is 24.8 Å². The summed E-state index contributed by atoms with van der Waals surface area (Å²) in [5.74, 6) is 0.149. The molecule has 3 aromatic carbocycles. The summed E-state index contributed by atoms with van der Waals surface area (Å²) in [5, 5.41) is 2.86. The van der Waals surface area contributed by atoms with Crippen molar-refractivity contribution >= 4 is 21.6 Å². The average molecular weight is 425 g/mol. The molecule has 0 saturated heterocycles. The van der Waals surface area contributed by atoms with E-state index < -0.39 is 10.0 Å². The van der Waals surface area contributed by atoms with Crippen LogP contribution in [0.25, 0.3) is 0 Å². The van der Waals surface area contributed by atoms with Crippen molar-refractivity contribution in [2.75, 3.05) is 11.3 Å². The smallest absolute Gasteiger partial charge is 0.261 e. The average Bonchev–Trinajstić information content (AvgIpc) is 2.73. The summed E-state index contributed by atoms with van der Waals surface area (Å²) in [7, 11) is -3.71. The molecule has 0 radical (unpaired) electrons. The van der Waals surface area contributed by atoms with Gasteiger partial charge in [0.1, 0.15) is 5.75 Å². The molecule has 7 heteroatoms. The number of benzene rings is 3. The fraction of sp³-hybridized carbons (Fsp3) is 0.174. The van der Waals surface area contributed by atoms with Gasteiger partial charge in [0.05, 0.1) is 10.9 Å². The van der Waals surface area contributed by atoms with Crippen LogP contribution < -0.4 is 14.8 Å². The van der Waals surface area contributed by atoms with Gasteiger partial charge in [-0.15, -0.1) is 0 Å².